The van der Waals surface area contributed by atoms with Crippen LogP contribution in [0, 0.1) is 11.8 Å². The van der Waals surface area contributed by atoms with Crippen LogP contribution in [0.4, 0.5) is 0 Å². The summed E-state index contributed by atoms with van der Waals surface area (Å²) in [6.07, 6.45) is 11.1. The van der Waals surface area contributed by atoms with Crippen LogP contribution in [0.25, 0.3) is 0 Å². The minimum Gasteiger partial charge on any atom is -0.134 e. The van der Waals surface area contributed by atoms with Crippen molar-refractivity contribution < 1.29 is 0 Å². The van der Waals surface area contributed by atoms with Crippen molar-refractivity contribution in [2.75, 3.05) is 0 Å². The van der Waals surface area contributed by atoms with Crippen molar-refractivity contribution in [2.45, 2.75) is 84.7 Å². The van der Waals surface area contributed by atoms with Crippen LogP contribution in [0.2, 0.25) is 0 Å². The molecule has 0 aromatic carbocycles. The van der Waals surface area contributed by atoms with E-state index in [1.54, 1.807) is 0 Å². The highest BCUT2D eigenvalue weighted by molar-refractivity contribution is 7.17. The summed E-state index contributed by atoms with van der Waals surface area (Å²) in [6, 6.07) is 0. The third kappa shape index (κ3) is 6.24. The minimum absolute atomic E-state index is 0.858. The summed E-state index contributed by atoms with van der Waals surface area (Å²) in [5, 5.41) is 0. The second kappa shape index (κ2) is 10.6. The molecule has 0 heterocycles. The van der Waals surface area contributed by atoms with Gasteiger partial charge in [0, 0.05) is 0 Å². The first-order valence-electron chi connectivity index (χ1n) is 7.46. The first kappa shape index (κ1) is 16.4. The summed E-state index contributed by atoms with van der Waals surface area (Å²) in [5.41, 5.74) is 0.858. The maximum absolute atomic E-state index is 3.14. The molecule has 0 spiro atoms. The molecule has 0 saturated heterocycles. The zero-order valence-corrected chi connectivity index (χ0v) is 13.1. The molecule has 0 saturated carbocycles. The fourth-order valence-corrected chi connectivity index (χ4v) is 3.61. The molecule has 0 nitrogen and oxygen atoms in total. The fourth-order valence-electron chi connectivity index (χ4n) is 2.87. The maximum atomic E-state index is 3.14. The zero-order valence-electron chi connectivity index (χ0n) is 12.0. The predicted molar refractivity (Wildman–Crippen MR) is 80.1 cm³/mol. The van der Waals surface area contributed by atoms with Gasteiger partial charge in [-0.3, -0.25) is 0 Å². The summed E-state index contributed by atoms with van der Waals surface area (Å²) in [4.78, 5) is 0. The van der Waals surface area contributed by atoms with Gasteiger partial charge in [-0.25, -0.2) is 0 Å². The molecule has 0 bridgehead atoms. The van der Waals surface area contributed by atoms with Crippen LogP contribution >= 0.6 is 9.24 Å². The number of hydrogen-bond acceptors (Lipinski definition) is 0. The molecule has 98 valence electrons. The van der Waals surface area contributed by atoms with Crippen LogP contribution in [-0.2, 0) is 0 Å². The second-order valence-electron chi connectivity index (χ2n) is 5.19. The van der Waals surface area contributed by atoms with Gasteiger partial charge in [0.1, 0.15) is 0 Å². The Bertz CT molecular complexity index is 140. The van der Waals surface area contributed by atoms with Gasteiger partial charge < -0.3 is 0 Å². The molecule has 3 unspecified atom stereocenters. The fraction of sp³-hybridized carbons (Fsp3) is 1.00. The molecule has 1 heteroatoms. The molecule has 0 aliphatic rings. The van der Waals surface area contributed by atoms with Crippen LogP contribution in [0.5, 0.6) is 0 Å². The van der Waals surface area contributed by atoms with Gasteiger partial charge in [0.2, 0.25) is 0 Å². The van der Waals surface area contributed by atoms with Crippen molar-refractivity contribution in [1.29, 1.82) is 0 Å². The maximum Gasteiger partial charge on any atom is -0.0233 e. The van der Waals surface area contributed by atoms with Crippen molar-refractivity contribution in [3.8, 4) is 0 Å². The van der Waals surface area contributed by atoms with Gasteiger partial charge >= 0.3 is 0 Å². The van der Waals surface area contributed by atoms with Crippen LogP contribution < -0.4 is 0 Å². The smallest absolute Gasteiger partial charge is 0.0233 e. The highest BCUT2D eigenvalue weighted by Crippen LogP contribution is 2.33. The molecule has 3 atom stereocenters. The molecule has 0 N–H and O–H groups in total. The van der Waals surface area contributed by atoms with E-state index in [4.69, 9.17) is 0 Å². The average molecular weight is 244 g/mol. The molecular formula is C15H33P. The van der Waals surface area contributed by atoms with Crippen molar-refractivity contribution >= 4 is 9.24 Å². The standard InChI is InChI=1S/C15H33P/c1-5-9-10-12-15(16)14(11-6-2)13(7-3)8-4/h13-15H,5-12,16H2,1-4H3. The van der Waals surface area contributed by atoms with Gasteiger partial charge in [0.25, 0.3) is 0 Å². The minimum atomic E-state index is 0.858. The zero-order chi connectivity index (χ0) is 12.4. The lowest BCUT2D eigenvalue weighted by Crippen LogP contribution is -2.23. The number of rotatable bonds is 10. The Hall–Kier alpha value is 0.430. The quantitative estimate of drug-likeness (QED) is 0.343. The predicted octanol–water partition coefficient (Wildman–Crippen LogP) is 5.66. The molecule has 0 aliphatic heterocycles. The summed E-state index contributed by atoms with van der Waals surface area (Å²) >= 11 is 0. The van der Waals surface area contributed by atoms with Gasteiger partial charge in [-0.15, -0.1) is 9.24 Å². The van der Waals surface area contributed by atoms with Crippen LogP contribution in [0.3, 0.4) is 0 Å². The van der Waals surface area contributed by atoms with E-state index in [1.165, 1.54) is 51.4 Å². The van der Waals surface area contributed by atoms with E-state index < -0.39 is 0 Å². The Morgan fingerprint density at radius 3 is 1.88 bits per heavy atom. The van der Waals surface area contributed by atoms with Crippen molar-refractivity contribution in [3.05, 3.63) is 0 Å². The third-order valence-corrected chi connectivity index (χ3v) is 4.79. The Balaban J connectivity index is 4.15. The van der Waals surface area contributed by atoms with E-state index in [0.29, 0.717) is 0 Å². The lowest BCUT2D eigenvalue weighted by Gasteiger charge is -2.30. The first-order chi connectivity index (χ1) is 7.71. The largest absolute Gasteiger partial charge is 0.134 e. The van der Waals surface area contributed by atoms with E-state index in [2.05, 4.69) is 36.9 Å². The molecular weight excluding hydrogens is 211 g/mol. The summed E-state index contributed by atoms with van der Waals surface area (Å²) < 4.78 is 0. The van der Waals surface area contributed by atoms with Gasteiger partial charge in [-0.2, -0.15) is 0 Å². The molecule has 0 amide bonds. The highest BCUT2D eigenvalue weighted by atomic mass is 31.0. The second-order valence-corrected chi connectivity index (χ2v) is 6.05. The summed E-state index contributed by atoms with van der Waals surface area (Å²) in [6.45, 7) is 9.35. The summed E-state index contributed by atoms with van der Waals surface area (Å²) in [5.74, 6) is 1.89. The normalized spacial score (nSPS) is 15.4. The number of unbranched alkanes of at least 4 members (excludes halogenated alkanes) is 2. The molecule has 0 fully saturated rings. The van der Waals surface area contributed by atoms with E-state index in [9.17, 15) is 0 Å². The molecule has 0 aromatic heterocycles. The van der Waals surface area contributed by atoms with Crippen molar-refractivity contribution in [1.82, 2.24) is 0 Å². The van der Waals surface area contributed by atoms with E-state index >= 15 is 0 Å². The van der Waals surface area contributed by atoms with Gasteiger partial charge in [-0.05, 0) is 30.3 Å². The first-order valence-corrected chi connectivity index (χ1v) is 8.13. The Morgan fingerprint density at radius 1 is 0.812 bits per heavy atom. The lowest BCUT2D eigenvalue weighted by atomic mass is 9.81. The Labute approximate surface area is 106 Å². The lowest BCUT2D eigenvalue weighted by molar-refractivity contribution is 0.276. The van der Waals surface area contributed by atoms with Gasteiger partial charge in [-0.1, -0.05) is 66.2 Å². The van der Waals surface area contributed by atoms with E-state index in [1.807, 2.05) is 0 Å². The molecule has 0 aromatic rings. The third-order valence-electron chi connectivity index (χ3n) is 3.97. The van der Waals surface area contributed by atoms with E-state index in [-0.39, 0.29) is 0 Å². The monoisotopic (exact) mass is 244 g/mol. The molecule has 16 heavy (non-hydrogen) atoms. The van der Waals surface area contributed by atoms with Crippen LogP contribution in [0.1, 0.15) is 79.1 Å². The van der Waals surface area contributed by atoms with E-state index in [0.717, 1.165) is 17.5 Å². The van der Waals surface area contributed by atoms with Crippen LogP contribution in [0.15, 0.2) is 0 Å². The summed E-state index contributed by atoms with van der Waals surface area (Å²) in [7, 11) is 3.14. The number of hydrogen-bond donors (Lipinski definition) is 0. The highest BCUT2D eigenvalue weighted by Gasteiger charge is 2.23. The van der Waals surface area contributed by atoms with Crippen molar-refractivity contribution in [2.24, 2.45) is 11.8 Å². The van der Waals surface area contributed by atoms with Crippen LogP contribution in [-0.4, -0.2) is 5.66 Å². The molecule has 0 aliphatic carbocycles. The van der Waals surface area contributed by atoms with Crippen molar-refractivity contribution in [3.63, 3.8) is 0 Å². The average Bonchev–Trinajstić information content (AvgIpc) is 2.29. The van der Waals surface area contributed by atoms with Gasteiger partial charge in [0.05, 0.1) is 0 Å². The SMILES string of the molecule is CCCCCC(P)C(CCC)C(CC)CC. The Kier molecular flexibility index (Phi) is 10.9. The molecule has 0 radical (unpaired) electrons. The Morgan fingerprint density at radius 2 is 1.44 bits per heavy atom. The topological polar surface area (TPSA) is 0 Å². The molecule has 0 rings (SSSR count). The van der Waals surface area contributed by atoms with Gasteiger partial charge in [0.15, 0.2) is 0 Å².